The minimum atomic E-state index is -3.36. The molecule has 0 aliphatic carbocycles. The molecular weight excluding hydrogens is 386 g/mol. The molecule has 0 saturated heterocycles. The van der Waals surface area contributed by atoms with Gasteiger partial charge in [-0.2, -0.15) is 0 Å². The number of benzene rings is 2. The third-order valence-corrected chi connectivity index (χ3v) is 6.29. The van der Waals surface area contributed by atoms with E-state index in [4.69, 9.17) is 4.74 Å². The number of aliphatic imine (C=N–C) groups is 1. The van der Waals surface area contributed by atoms with Crippen LogP contribution >= 0.6 is 0 Å². The van der Waals surface area contributed by atoms with Crippen molar-refractivity contribution in [1.82, 2.24) is 10.6 Å². The van der Waals surface area contributed by atoms with Crippen LogP contribution in [0.1, 0.15) is 31.9 Å². The molecule has 0 aliphatic rings. The van der Waals surface area contributed by atoms with Crippen LogP contribution in [0.4, 0.5) is 0 Å². The Morgan fingerprint density at radius 1 is 1.07 bits per heavy atom. The number of ether oxygens (including phenoxy) is 1. The Morgan fingerprint density at radius 2 is 1.76 bits per heavy atom. The summed E-state index contributed by atoms with van der Waals surface area (Å²) >= 11 is 0. The third kappa shape index (κ3) is 6.78. The molecule has 0 amide bonds. The quantitative estimate of drug-likeness (QED) is 0.534. The van der Waals surface area contributed by atoms with Crippen molar-refractivity contribution in [3.05, 3.63) is 59.7 Å². The van der Waals surface area contributed by atoms with Gasteiger partial charge in [0.25, 0.3) is 0 Å². The van der Waals surface area contributed by atoms with Crippen LogP contribution in [0.2, 0.25) is 0 Å². The molecule has 7 heteroatoms. The molecule has 2 rings (SSSR count). The van der Waals surface area contributed by atoms with E-state index in [1.807, 2.05) is 36.4 Å². The van der Waals surface area contributed by atoms with Crippen molar-refractivity contribution in [1.29, 1.82) is 0 Å². The Morgan fingerprint density at radius 3 is 2.34 bits per heavy atom. The molecule has 0 saturated carbocycles. The third-order valence-electron chi connectivity index (χ3n) is 4.56. The highest BCUT2D eigenvalue weighted by atomic mass is 32.2. The number of guanidine groups is 1. The maximum Gasteiger partial charge on any atom is 0.191 e. The normalized spacial score (nSPS) is 12.5. The van der Waals surface area contributed by atoms with Crippen LogP contribution in [0, 0.1) is 0 Å². The van der Waals surface area contributed by atoms with E-state index in [9.17, 15) is 8.42 Å². The first-order valence-electron chi connectivity index (χ1n) is 9.56. The summed E-state index contributed by atoms with van der Waals surface area (Å²) in [6, 6.07) is 14.9. The van der Waals surface area contributed by atoms with Gasteiger partial charge in [-0.3, -0.25) is 4.99 Å². The summed E-state index contributed by atoms with van der Waals surface area (Å²) in [6.45, 7) is 7.12. The maximum atomic E-state index is 12.6. The van der Waals surface area contributed by atoms with Crippen molar-refractivity contribution in [2.75, 3.05) is 26.5 Å². The Bertz CT molecular complexity index is 931. The summed E-state index contributed by atoms with van der Waals surface area (Å²) in [5, 5.41) is 6.23. The van der Waals surface area contributed by atoms with Crippen molar-refractivity contribution in [3.8, 4) is 5.75 Å². The largest absolute Gasteiger partial charge is 0.497 e. The van der Waals surface area contributed by atoms with E-state index in [1.165, 1.54) is 0 Å². The van der Waals surface area contributed by atoms with Crippen LogP contribution in [0.15, 0.2) is 58.4 Å². The van der Waals surface area contributed by atoms with Gasteiger partial charge in [-0.25, -0.2) is 8.42 Å². The first-order valence-corrected chi connectivity index (χ1v) is 11.2. The first-order chi connectivity index (χ1) is 13.7. The summed E-state index contributed by atoms with van der Waals surface area (Å²) in [5.74, 6) is 1.32. The van der Waals surface area contributed by atoms with Gasteiger partial charge in [0.15, 0.2) is 15.8 Å². The maximum absolute atomic E-state index is 12.6. The molecule has 0 radical (unpaired) electrons. The van der Waals surface area contributed by atoms with Crippen LogP contribution < -0.4 is 15.4 Å². The average Bonchev–Trinajstić information content (AvgIpc) is 2.70. The van der Waals surface area contributed by atoms with Gasteiger partial charge >= 0.3 is 0 Å². The van der Waals surface area contributed by atoms with Gasteiger partial charge in [0.1, 0.15) is 5.75 Å². The van der Waals surface area contributed by atoms with E-state index in [-0.39, 0.29) is 17.7 Å². The zero-order valence-corrected chi connectivity index (χ0v) is 18.6. The highest BCUT2D eigenvalue weighted by Gasteiger charge is 2.17. The van der Waals surface area contributed by atoms with Crippen molar-refractivity contribution in [3.63, 3.8) is 0 Å². The Kier molecular flexibility index (Phi) is 7.67. The van der Waals surface area contributed by atoms with Gasteiger partial charge in [-0.05, 0) is 40.8 Å². The monoisotopic (exact) mass is 417 g/mol. The Balaban J connectivity index is 1.89. The molecule has 2 aromatic rings. The first kappa shape index (κ1) is 22.7. The van der Waals surface area contributed by atoms with Gasteiger partial charge < -0.3 is 15.4 Å². The SMILES string of the molecule is CN=C(NCCS(=O)(=O)c1ccc(C(C)(C)C)cc1)NCc1cccc(OC)c1. The minimum absolute atomic E-state index is 0.00915. The molecule has 6 nitrogen and oxygen atoms in total. The molecule has 0 fully saturated rings. The summed E-state index contributed by atoms with van der Waals surface area (Å²) in [4.78, 5) is 4.48. The van der Waals surface area contributed by atoms with E-state index >= 15 is 0 Å². The second-order valence-electron chi connectivity index (χ2n) is 7.80. The number of rotatable bonds is 7. The van der Waals surface area contributed by atoms with Gasteiger partial charge in [0.05, 0.1) is 17.8 Å². The standard InChI is InChI=1S/C22H31N3O3S/c1-22(2,3)18-9-11-20(12-10-18)29(26,27)14-13-24-21(23-4)25-16-17-7-6-8-19(15-17)28-5/h6-12,15H,13-14,16H2,1-5H3,(H2,23,24,25). The number of nitrogens with one attached hydrogen (secondary N) is 2. The van der Waals surface area contributed by atoms with Gasteiger partial charge in [0.2, 0.25) is 0 Å². The molecule has 0 atom stereocenters. The molecule has 0 aliphatic heterocycles. The zero-order valence-electron chi connectivity index (χ0n) is 17.8. The summed E-state index contributed by atoms with van der Waals surface area (Å²) < 4.78 is 30.4. The molecule has 0 bridgehead atoms. The number of hydrogen-bond donors (Lipinski definition) is 2. The predicted molar refractivity (Wildman–Crippen MR) is 118 cm³/mol. The van der Waals surface area contributed by atoms with Gasteiger partial charge in [-0.1, -0.05) is 45.0 Å². The van der Waals surface area contributed by atoms with Crippen LogP contribution in [-0.2, 0) is 21.8 Å². The number of sulfone groups is 1. The van der Waals surface area contributed by atoms with Crippen LogP contribution in [0.25, 0.3) is 0 Å². The molecule has 0 spiro atoms. The van der Waals surface area contributed by atoms with Gasteiger partial charge in [0, 0.05) is 20.1 Å². The Hall–Kier alpha value is -2.54. The van der Waals surface area contributed by atoms with E-state index in [0.29, 0.717) is 17.4 Å². The lowest BCUT2D eigenvalue weighted by molar-refractivity contribution is 0.414. The zero-order chi connectivity index (χ0) is 21.5. The van der Waals surface area contributed by atoms with Crippen molar-refractivity contribution >= 4 is 15.8 Å². The number of methoxy groups -OCH3 is 1. The van der Waals surface area contributed by atoms with E-state index in [1.54, 1.807) is 26.3 Å². The fourth-order valence-electron chi connectivity index (χ4n) is 2.77. The van der Waals surface area contributed by atoms with Crippen molar-refractivity contribution in [2.24, 2.45) is 4.99 Å². The smallest absolute Gasteiger partial charge is 0.191 e. The van der Waals surface area contributed by atoms with Gasteiger partial charge in [-0.15, -0.1) is 0 Å². The van der Waals surface area contributed by atoms with E-state index in [0.717, 1.165) is 16.9 Å². The van der Waals surface area contributed by atoms with E-state index in [2.05, 4.69) is 36.4 Å². The topological polar surface area (TPSA) is 79.8 Å². The molecular formula is C22H31N3O3S. The number of nitrogens with zero attached hydrogens (tertiary/aromatic N) is 1. The molecule has 2 aromatic carbocycles. The Labute approximate surface area is 174 Å². The fourth-order valence-corrected chi connectivity index (χ4v) is 3.93. The average molecular weight is 418 g/mol. The second kappa shape index (κ2) is 9.78. The van der Waals surface area contributed by atoms with Crippen molar-refractivity contribution < 1.29 is 13.2 Å². The molecule has 0 aromatic heterocycles. The number of hydrogen-bond acceptors (Lipinski definition) is 4. The van der Waals surface area contributed by atoms with Crippen LogP contribution in [0.5, 0.6) is 5.75 Å². The van der Waals surface area contributed by atoms with Crippen LogP contribution in [-0.4, -0.2) is 40.8 Å². The summed E-state index contributed by atoms with van der Waals surface area (Å²) in [6.07, 6.45) is 0. The van der Waals surface area contributed by atoms with Crippen LogP contribution in [0.3, 0.4) is 0 Å². The lowest BCUT2D eigenvalue weighted by Crippen LogP contribution is -2.39. The van der Waals surface area contributed by atoms with E-state index < -0.39 is 9.84 Å². The molecule has 2 N–H and O–H groups in total. The lowest BCUT2D eigenvalue weighted by atomic mass is 9.87. The molecule has 158 valence electrons. The molecule has 0 unspecified atom stereocenters. The second-order valence-corrected chi connectivity index (χ2v) is 9.91. The minimum Gasteiger partial charge on any atom is -0.497 e. The summed E-state index contributed by atoms with van der Waals surface area (Å²) in [7, 11) is -0.0818. The molecule has 0 heterocycles. The fraction of sp³-hybridized carbons (Fsp3) is 0.409. The predicted octanol–water partition coefficient (Wildman–Crippen LogP) is 3.13. The highest BCUT2D eigenvalue weighted by molar-refractivity contribution is 7.91. The van der Waals surface area contributed by atoms with Crippen molar-refractivity contribution in [2.45, 2.75) is 37.6 Å². The lowest BCUT2D eigenvalue weighted by Gasteiger charge is -2.19. The molecule has 29 heavy (non-hydrogen) atoms. The highest BCUT2D eigenvalue weighted by Crippen LogP contribution is 2.23. The summed E-state index contributed by atoms with van der Waals surface area (Å²) in [5.41, 5.74) is 2.14.